The highest BCUT2D eigenvalue weighted by atomic mass is 79.9. The lowest BCUT2D eigenvalue weighted by atomic mass is 9.76. The molecule has 8 heteroatoms. The van der Waals surface area contributed by atoms with Gasteiger partial charge in [0.1, 0.15) is 5.65 Å². The molecule has 3 rings (SSSR count). The van der Waals surface area contributed by atoms with Crippen LogP contribution in [0, 0.1) is 0 Å². The van der Waals surface area contributed by atoms with Gasteiger partial charge in [-0.15, -0.1) is 0 Å². The monoisotopic (exact) mass is 381 g/mol. The molecule has 2 heterocycles. The van der Waals surface area contributed by atoms with Crippen molar-refractivity contribution in [2.75, 3.05) is 0 Å². The highest BCUT2D eigenvalue weighted by molar-refractivity contribution is 9.10. The molecular formula is C15H16BrN3O4. The summed E-state index contributed by atoms with van der Waals surface area (Å²) in [6.45, 7) is 1.71. The van der Waals surface area contributed by atoms with Crippen molar-refractivity contribution in [3.05, 3.63) is 44.9 Å². The lowest BCUT2D eigenvalue weighted by molar-refractivity contribution is -0.0729. The Morgan fingerprint density at radius 1 is 1.52 bits per heavy atom. The number of hydrogen-bond donors (Lipinski definition) is 2. The van der Waals surface area contributed by atoms with E-state index in [0.29, 0.717) is 24.2 Å². The van der Waals surface area contributed by atoms with E-state index in [9.17, 15) is 19.8 Å². The fraction of sp³-hybridized carbons (Fsp3) is 0.400. The van der Waals surface area contributed by atoms with Crippen LogP contribution in [-0.4, -0.2) is 42.2 Å². The molecule has 0 spiro atoms. The summed E-state index contributed by atoms with van der Waals surface area (Å²) in [5.74, 6) is 0. The summed E-state index contributed by atoms with van der Waals surface area (Å²) in [5, 5.41) is 19.2. The minimum Gasteiger partial charge on any atom is -0.465 e. The summed E-state index contributed by atoms with van der Waals surface area (Å²) >= 11 is 3.29. The molecule has 0 unspecified atom stereocenters. The predicted octanol–water partition coefficient (Wildman–Crippen LogP) is 1.85. The third-order valence-corrected chi connectivity index (χ3v) is 4.52. The van der Waals surface area contributed by atoms with E-state index in [1.165, 1.54) is 15.4 Å². The van der Waals surface area contributed by atoms with Crippen LogP contribution in [0.1, 0.15) is 25.5 Å². The van der Waals surface area contributed by atoms with Crippen molar-refractivity contribution < 1.29 is 15.0 Å². The average Bonchev–Trinajstić information content (AvgIpc) is 2.43. The summed E-state index contributed by atoms with van der Waals surface area (Å²) in [6.07, 6.45) is 1.31. The Bertz CT molecular complexity index is 825. The van der Waals surface area contributed by atoms with Gasteiger partial charge in [-0.25, -0.2) is 9.78 Å². The molecule has 0 bridgehead atoms. The second-order valence-corrected chi connectivity index (χ2v) is 7.05. The van der Waals surface area contributed by atoms with Gasteiger partial charge < -0.3 is 10.2 Å². The largest absolute Gasteiger partial charge is 0.465 e. The van der Waals surface area contributed by atoms with E-state index in [-0.39, 0.29) is 18.1 Å². The Hall–Kier alpha value is -1.93. The van der Waals surface area contributed by atoms with Crippen LogP contribution in [0.3, 0.4) is 0 Å². The maximum Gasteiger partial charge on any atom is 0.407 e. The fourth-order valence-corrected chi connectivity index (χ4v) is 3.25. The van der Waals surface area contributed by atoms with Crippen molar-refractivity contribution in [3.63, 3.8) is 0 Å². The molecule has 2 aromatic rings. The number of halogens is 1. The lowest BCUT2D eigenvalue weighted by Gasteiger charge is -2.45. The SMILES string of the molecule is CC1(O)CC(N(Cc2cc(=O)n3cc(Br)ccc3n2)C(=O)O)C1. The molecule has 2 aromatic heterocycles. The quantitative estimate of drug-likeness (QED) is 0.845. The number of amides is 1. The summed E-state index contributed by atoms with van der Waals surface area (Å²) in [6, 6.07) is 4.54. The molecule has 1 aliphatic rings. The molecule has 1 amide bonds. The van der Waals surface area contributed by atoms with Crippen molar-refractivity contribution >= 4 is 27.7 Å². The molecule has 7 nitrogen and oxygen atoms in total. The molecule has 0 aromatic carbocycles. The van der Waals surface area contributed by atoms with Gasteiger partial charge >= 0.3 is 6.09 Å². The van der Waals surface area contributed by atoms with E-state index < -0.39 is 11.7 Å². The van der Waals surface area contributed by atoms with Gasteiger partial charge in [-0.2, -0.15) is 0 Å². The van der Waals surface area contributed by atoms with Crippen molar-refractivity contribution in [2.45, 2.75) is 38.0 Å². The zero-order chi connectivity index (χ0) is 16.8. The predicted molar refractivity (Wildman–Crippen MR) is 86.4 cm³/mol. The Morgan fingerprint density at radius 2 is 2.22 bits per heavy atom. The van der Waals surface area contributed by atoms with Crippen LogP contribution in [0.15, 0.2) is 33.7 Å². The molecular weight excluding hydrogens is 366 g/mol. The topological polar surface area (TPSA) is 95.1 Å². The van der Waals surface area contributed by atoms with E-state index in [0.717, 1.165) is 4.47 Å². The Labute approximate surface area is 140 Å². The summed E-state index contributed by atoms with van der Waals surface area (Å²) in [7, 11) is 0. The van der Waals surface area contributed by atoms with Gasteiger partial charge in [-0.05, 0) is 47.8 Å². The van der Waals surface area contributed by atoms with Gasteiger partial charge in [0.05, 0.1) is 17.8 Å². The van der Waals surface area contributed by atoms with E-state index >= 15 is 0 Å². The van der Waals surface area contributed by atoms with Gasteiger partial charge in [0.25, 0.3) is 5.56 Å². The van der Waals surface area contributed by atoms with Crippen LogP contribution < -0.4 is 5.56 Å². The Balaban J connectivity index is 1.89. The molecule has 1 fully saturated rings. The first-order chi connectivity index (χ1) is 10.7. The number of fused-ring (bicyclic) bond motifs is 1. The molecule has 2 N–H and O–H groups in total. The Kier molecular flexibility index (Phi) is 3.89. The number of pyridine rings is 1. The first kappa shape index (κ1) is 15.9. The number of hydrogen-bond acceptors (Lipinski definition) is 4. The highest BCUT2D eigenvalue weighted by Crippen LogP contribution is 2.35. The van der Waals surface area contributed by atoms with Crippen LogP contribution in [0.4, 0.5) is 4.79 Å². The smallest absolute Gasteiger partial charge is 0.407 e. The van der Waals surface area contributed by atoms with Crippen molar-refractivity contribution in [1.29, 1.82) is 0 Å². The van der Waals surface area contributed by atoms with Crippen LogP contribution in [0.2, 0.25) is 0 Å². The third kappa shape index (κ3) is 3.23. The average molecular weight is 382 g/mol. The van der Waals surface area contributed by atoms with Gasteiger partial charge in [0.15, 0.2) is 0 Å². The second kappa shape index (κ2) is 5.61. The minimum atomic E-state index is -1.08. The molecule has 122 valence electrons. The molecule has 0 aliphatic heterocycles. The van der Waals surface area contributed by atoms with Gasteiger partial charge in [-0.3, -0.25) is 14.1 Å². The molecule has 23 heavy (non-hydrogen) atoms. The van der Waals surface area contributed by atoms with Gasteiger partial charge in [-0.1, -0.05) is 0 Å². The van der Waals surface area contributed by atoms with E-state index in [2.05, 4.69) is 20.9 Å². The maximum atomic E-state index is 12.2. The number of rotatable bonds is 3. The summed E-state index contributed by atoms with van der Waals surface area (Å²) < 4.78 is 2.15. The Morgan fingerprint density at radius 3 is 2.83 bits per heavy atom. The van der Waals surface area contributed by atoms with Gasteiger partial charge in [0.2, 0.25) is 0 Å². The molecule has 0 atom stereocenters. The second-order valence-electron chi connectivity index (χ2n) is 6.13. The first-order valence-corrected chi connectivity index (χ1v) is 7.94. The molecule has 0 saturated heterocycles. The molecule has 1 aliphatic carbocycles. The number of carbonyl (C=O) groups is 1. The highest BCUT2D eigenvalue weighted by Gasteiger charge is 2.43. The van der Waals surface area contributed by atoms with Crippen molar-refractivity contribution in [1.82, 2.24) is 14.3 Å². The first-order valence-electron chi connectivity index (χ1n) is 7.15. The van der Waals surface area contributed by atoms with Crippen LogP contribution in [0.5, 0.6) is 0 Å². The fourth-order valence-electron chi connectivity index (χ4n) is 2.91. The summed E-state index contributed by atoms with van der Waals surface area (Å²) in [4.78, 5) is 29.2. The minimum absolute atomic E-state index is 0.0257. The van der Waals surface area contributed by atoms with Crippen molar-refractivity contribution in [3.8, 4) is 0 Å². The van der Waals surface area contributed by atoms with E-state index in [1.807, 2.05) is 0 Å². The van der Waals surface area contributed by atoms with Gasteiger partial charge in [0, 0.05) is 22.8 Å². The van der Waals surface area contributed by atoms with Crippen LogP contribution in [0.25, 0.3) is 5.65 Å². The molecule has 1 saturated carbocycles. The maximum absolute atomic E-state index is 12.2. The van der Waals surface area contributed by atoms with Crippen molar-refractivity contribution in [2.24, 2.45) is 0 Å². The van der Waals surface area contributed by atoms with Crippen LogP contribution >= 0.6 is 15.9 Å². The van der Waals surface area contributed by atoms with E-state index in [4.69, 9.17) is 0 Å². The number of carboxylic acid groups (broad SMARTS) is 1. The normalized spacial score (nSPS) is 23.5. The zero-order valence-electron chi connectivity index (χ0n) is 12.4. The summed E-state index contributed by atoms with van der Waals surface area (Å²) in [5.41, 5.74) is -0.230. The number of aromatic nitrogens is 2. The standard InChI is InChI=1S/C15H16BrN3O4/c1-15(23)5-11(6-15)18(14(21)22)8-10-4-13(20)19-7-9(16)2-3-12(19)17-10/h2-4,7,11,23H,5-6,8H2,1H3,(H,21,22). The number of nitrogens with zero attached hydrogens (tertiary/aromatic N) is 3. The third-order valence-electron chi connectivity index (χ3n) is 4.05. The van der Waals surface area contributed by atoms with Crippen LogP contribution in [-0.2, 0) is 6.54 Å². The zero-order valence-corrected chi connectivity index (χ0v) is 14.0. The molecule has 0 radical (unpaired) electrons. The number of aliphatic hydroxyl groups is 1. The lowest BCUT2D eigenvalue weighted by Crippen LogP contribution is -2.54. The van der Waals surface area contributed by atoms with E-state index in [1.54, 1.807) is 25.3 Å².